The number of isothiocyanates is 1. The molecule has 0 atom stereocenters. The van der Waals surface area contributed by atoms with Gasteiger partial charge in [-0.25, -0.2) is 4.99 Å². The minimum Gasteiger partial charge on any atom is -0.229 e. The van der Waals surface area contributed by atoms with Gasteiger partial charge >= 0.3 is 0 Å². The third-order valence-electron chi connectivity index (χ3n) is 7.84. The minimum atomic E-state index is 0.401. The predicted octanol–water partition coefficient (Wildman–Crippen LogP) is 8.95. The van der Waals surface area contributed by atoms with Crippen molar-refractivity contribution in [2.45, 2.75) is 95.4 Å². The molecule has 164 valence electrons. The zero-order chi connectivity index (χ0) is 21.5. The van der Waals surface area contributed by atoms with E-state index in [2.05, 4.69) is 65.6 Å². The van der Waals surface area contributed by atoms with E-state index in [1.54, 1.807) is 5.56 Å². The number of benzene rings is 2. The third-order valence-corrected chi connectivity index (χ3v) is 7.95. The molecular weight excluding hydrogens is 394 g/mol. The van der Waals surface area contributed by atoms with Crippen molar-refractivity contribution in [1.29, 1.82) is 0 Å². The second-order valence-electron chi connectivity index (χ2n) is 9.83. The van der Waals surface area contributed by atoms with E-state index in [4.69, 9.17) is 12.2 Å². The molecule has 0 bridgehead atoms. The molecule has 2 aromatic carbocycles. The molecule has 2 fully saturated rings. The summed E-state index contributed by atoms with van der Waals surface area (Å²) in [7, 11) is 0. The van der Waals surface area contributed by atoms with Crippen LogP contribution in [0.25, 0.3) is 11.1 Å². The van der Waals surface area contributed by atoms with Gasteiger partial charge in [-0.2, -0.15) is 0 Å². The Morgan fingerprint density at radius 1 is 0.742 bits per heavy atom. The van der Waals surface area contributed by atoms with Crippen molar-refractivity contribution in [1.82, 2.24) is 0 Å². The minimum absolute atomic E-state index is 0.401. The molecule has 2 aliphatic rings. The number of hydrogen-bond acceptors (Lipinski definition) is 2. The maximum Gasteiger partial charge on any atom is 0.0603 e. The van der Waals surface area contributed by atoms with Gasteiger partial charge in [0.1, 0.15) is 0 Å². The first kappa shape index (κ1) is 22.4. The zero-order valence-electron chi connectivity index (χ0n) is 19.1. The molecule has 4 rings (SSSR count). The number of aliphatic imine (C=N–C) groups is 1. The van der Waals surface area contributed by atoms with E-state index < -0.39 is 0 Å². The molecule has 0 radical (unpaired) electrons. The lowest BCUT2D eigenvalue weighted by Gasteiger charge is -2.29. The maximum absolute atomic E-state index is 4.76. The fraction of sp³-hybridized carbons (Fsp3) is 0.552. The Morgan fingerprint density at radius 2 is 1.23 bits per heavy atom. The number of unbranched alkanes of at least 4 members (excludes halogenated alkanes) is 1. The molecular formula is C29H37NS. The van der Waals surface area contributed by atoms with Gasteiger partial charge in [-0.3, -0.25) is 0 Å². The van der Waals surface area contributed by atoms with Gasteiger partial charge in [0.25, 0.3) is 0 Å². The lowest BCUT2D eigenvalue weighted by molar-refractivity contribution is 0.304. The second-order valence-corrected chi connectivity index (χ2v) is 10.0. The molecule has 0 aliphatic heterocycles. The summed E-state index contributed by atoms with van der Waals surface area (Å²) in [6.07, 6.45) is 14.5. The molecule has 0 amide bonds. The largest absolute Gasteiger partial charge is 0.229 e. The number of hydrogen-bond donors (Lipinski definition) is 0. The summed E-state index contributed by atoms with van der Waals surface area (Å²) in [5.74, 6) is 2.42. The molecule has 1 nitrogen and oxygen atoms in total. The normalized spacial score (nSPS) is 26.2. The van der Waals surface area contributed by atoms with E-state index in [1.807, 2.05) is 0 Å². The Kier molecular flexibility index (Phi) is 8.11. The summed E-state index contributed by atoms with van der Waals surface area (Å²) in [6.45, 7) is 2.31. The Balaban J connectivity index is 1.33. The molecule has 0 spiro atoms. The van der Waals surface area contributed by atoms with E-state index in [1.165, 1.54) is 74.5 Å². The Bertz CT molecular complexity index is 847. The highest BCUT2D eigenvalue weighted by Crippen LogP contribution is 2.38. The van der Waals surface area contributed by atoms with Crippen molar-refractivity contribution in [2.75, 3.05) is 0 Å². The monoisotopic (exact) mass is 431 g/mol. The molecule has 2 aliphatic carbocycles. The highest BCUT2D eigenvalue weighted by atomic mass is 32.1. The van der Waals surface area contributed by atoms with Crippen molar-refractivity contribution in [3.63, 3.8) is 0 Å². The van der Waals surface area contributed by atoms with Gasteiger partial charge in [0, 0.05) is 0 Å². The van der Waals surface area contributed by atoms with Crippen molar-refractivity contribution < 1.29 is 0 Å². The Labute approximate surface area is 194 Å². The van der Waals surface area contributed by atoms with Crippen LogP contribution in [0.3, 0.4) is 0 Å². The van der Waals surface area contributed by atoms with Crippen LogP contribution in [-0.4, -0.2) is 11.2 Å². The van der Waals surface area contributed by atoms with Crippen LogP contribution in [0, 0.1) is 5.92 Å². The van der Waals surface area contributed by atoms with Crippen LogP contribution in [-0.2, 0) is 0 Å². The van der Waals surface area contributed by atoms with E-state index >= 15 is 0 Å². The third kappa shape index (κ3) is 5.93. The van der Waals surface area contributed by atoms with Gasteiger partial charge in [0.2, 0.25) is 0 Å². The number of nitrogens with zero attached hydrogens (tertiary/aromatic N) is 1. The second kappa shape index (κ2) is 11.2. The van der Waals surface area contributed by atoms with Crippen molar-refractivity contribution in [2.24, 2.45) is 10.9 Å². The summed E-state index contributed by atoms with van der Waals surface area (Å²) in [5.41, 5.74) is 5.69. The first-order valence-corrected chi connectivity index (χ1v) is 12.9. The molecule has 0 heterocycles. The predicted molar refractivity (Wildman–Crippen MR) is 136 cm³/mol. The van der Waals surface area contributed by atoms with Gasteiger partial charge in [0.15, 0.2) is 0 Å². The zero-order valence-corrected chi connectivity index (χ0v) is 19.9. The quantitative estimate of drug-likeness (QED) is 0.315. The van der Waals surface area contributed by atoms with Crippen molar-refractivity contribution in [3.8, 4) is 11.1 Å². The van der Waals surface area contributed by atoms with E-state index in [9.17, 15) is 0 Å². The van der Waals surface area contributed by atoms with Crippen LogP contribution >= 0.6 is 12.2 Å². The molecule has 0 aromatic heterocycles. The molecule has 31 heavy (non-hydrogen) atoms. The van der Waals surface area contributed by atoms with E-state index in [0.717, 1.165) is 24.7 Å². The van der Waals surface area contributed by atoms with Crippen molar-refractivity contribution in [3.05, 3.63) is 59.7 Å². The molecule has 0 N–H and O–H groups in total. The van der Waals surface area contributed by atoms with Gasteiger partial charge in [-0.1, -0.05) is 74.7 Å². The van der Waals surface area contributed by atoms with Gasteiger partial charge in [-0.05, 0) is 104 Å². The maximum atomic E-state index is 4.76. The lowest BCUT2D eigenvalue weighted by Crippen LogP contribution is -2.15. The topological polar surface area (TPSA) is 12.4 Å². The Morgan fingerprint density at radius 3 is 1.68 bits per heavy atom. The first-order chi connectivity index (χ1) is 15.3. The highest BCUT2D eigenvalue weighted by molar-refractivity contribution is 7.78. The summed E-state index contributed by atoms with van der Waals surface area (Å²) in [5, 5.41) is 2.56. The summed E-state index contributed by atoms with van der Waals surface area (Å²) >= 11 is 4.76. The highest BCUT2D eigenvalue weighted by Gasteiger charge is 2.23. The Hall–Kier alpha value is -1.76. The molecule has 2 aromatic rings. The lowest BCUT2D eigenvalue weighted by atomic mass is 9.77. The number of thiocarbonyl (C=S) groups is 1. The van der Waals surface area contributed by atoms with Gasteiger partial charge in [-0.15, -0.1) is 0 Å². The fourth-order valence-corrected chi connectivity index (χ4v) is 5.93. The van der Waals surface area contributed by atoms with Crippen molar-refractivity contribution >= 4 is 17.4 Å². The smallest absolute Gasteiger partial charge is 0.0603 e. The average molecular weight is 432 g/mol. The summed E-state index contributed by atoms with van der Waals surface area (Å²) in [6, 6.07) is 19.1. The average Bonchev–Trinajstić information content (AvgIpc) is 2.84. The van der Waals surface area contributed by atoms with Crippen LogP contribution in [0.1, 0.15) is 101 Å². The van der Waals surface area contributed by atoms with Crippen LogP contribution in [0.5, 0.6) is 0 Å². The van der Waals surface area contributed by atoms with Crippen LogP contribution in [0.15, 0.2) is 53.5 Å². The molecule has 2 heteroatoms. The van der Waals surface area contributed by atoms with Crippen LogP contribution in [0.4, 0.5) is 0 Å². The summed E-state index contributed by atoms with van der Waals surface area (Å²) < 4.78 is 0. The van der Waals surface area contributed by atoms with Crippen LogP contribution < -0.4 is 0 Å². The molecule has 0 saturated heterocycles. The SMILES string of the molecule is CCCCC1CCC(c2ccc(-c3ccc(C4CCC(N=C=S)CC4)cc3)cc2)CC1. The first-order valence-electron chi connectivity index (χ1n) is 12.5. The van der Waals surface area contributed by atoms with E-state index in [-0.39, 0.29) is 0 Å². The van der Waals surface area contributed by atoms with Gasteiger partial charge < -0.3 is 0 Å². The fourth-order valence-electron chi connectivity index (χ4n) is 5.79. The molecule has 0 unspecified atom stereocenters. The van der Waals surface area contributed by atoms with Crippen LogP contribution in [0.2, 0.25) is 0 Å². The number of rotatable bonds is 7. The standard InChI is InChI=1S/C29H37NS/c1-2-3-4-22-5-7-23(8-6-22)24-9-11-25(12-10-24)26-13-15-27(16-14-26)28-17-19-29(20-18-28)30-21-31/h9-16,22-23,28-29H,2-8,17-20H2,1H3. The molecule has 2 saturated carbocycles. The van der Waals surface area contributed by atoms with Gasteiger partial charge in [0.05, 0.1) is 11.2 Å². The summed E-state index contributed by atoms with van der Waals surface area (Å²) in [4.78, 5) is 4.29. The van der Waals surface area contributed by atoms with E-state index in [0.29, 0.717) is 12.0 Å².